The molecule has 67 heavy (non-hydrogen) atoms. The highest BCUT2D eigenvalue weighted by Gasteiger charge is 2.19. The van der Waals surface area contributed by atoms with Crippen molar-refractivity contribution in [2.45, 2.75) is 271 Å². The van der Waals surface area contributed by atoms with Gasteiger partial charge in [0.25, 0.3) is 0 Å². The molecule has 0 aromatic heterocycles. The number of ether oxygens (including phenoxy) is 3. The largest absolute Gasteiger partial charge is 0.462 e. The first-order valence-electron chi connectivity index (χ1n) is 28.1. The van der Waals surface area contributed by atoms with E-state index in [4.69, 9.17) is 14.2 Å². The van der Waals surface area contributed by atoms with Crippen LogP contribution in [0.2, 0.25) is 0 Å². The molecule has 0 aromatic rings. The Morgan fingerprint density at radius 3 is 0.970 bits per heavy atom. The van der Waals surface area contributed by atoms with E-state index < -0.39 is 12.1 Å². The zero-order chi connectivity index (χ0) is 48.6. The fraction of sp³-hybridized carbons (Fsp3) is 0.721. The van der Waals surface area contributed by atoms with Crippen LogP contribution in [0.4, 0.5) is 0 Å². The number of rotatable bonds is 50. The molecule has 0 amide bonds. The van der Waals surface area contributed by atoms with E-state index in [1.165, 1.54) is 128 Å². The lowest BCUT2D eigenvalue weighted by molar-refractivity contribution is -0.166. The molecule has 1 unspecified atom stereocenters. The molecule has 0 aromatic carbocycles. The van der Waals surface area contributed by atoms with Gasteiger partial charge in [-0.3, -0.25) is 14.4 Å². The standard InChI is InChI=1S/C61H104O6/c1-4-7-10-13-15-17-19-21-23-25-27-28-29-30-31-32-34-35-37-39-41-43-45-48-51-54-60(63)66-57-58(56-65-59(62)53-50-47-12-9-6-3)67-61(64)55-52-49-46-44-42-40-38-36-33-26-24-22-20-18-16-14-11-8-5-2/h8,11,16,18,22,24-25,27,33,36,40,42,46,49,58H,4-7,9-10,12-15,17,19-21,23,26,28-32,34-35,37-39,41,43-45,47-48,50-57H2,1-3H3/b11-8-,18-16-,24-22-,27-25-,36-33-,42-40-,49-46-. The molecular weight excluding hydrogens is 829 g/mol. The molecule has 0 bridgehead atoms. The van der Waals surface area contributed by atoms with E-state index in [1.54, 1.807) is 0 Å². The van der Waals surface area contributed by atoms with Crippen LogP contribution in [0.25, 0.3) is 0 Å². The van der Waals surface area contributed by atoms with E-state index >= 15 is 0 Å². The lowest BCUT2D eigenvalue weighted by Crippen LogP contribution is -2.30. The summed E-state index contributed by atoms with van der Waals surface area (Å²) < 4.78 is 16.6. The minimum atomic E-state index is -0.813. The number of carbonyl (C=O) groups is 3. The Labute approximate surface area is 414 Å². The van der Waals surface area contributed by atoms with E-state index in [0.29, 0.717) is 19.3 Å². The Balaban J connectivity index is 4.17. The smallest absolute Gasteiger partial charge is 0.306 e. The van der Waals surface area contributed by atoms with Crippen molar-refractivity contribution < 1.29 is 28.6 Å². The number of esters is 3. The van der Waals surface area contributed by atoms with Gasteiger partial charge in [-0.1, -0.05) is 247 Å². The molecule has 0 spiro atoms. The van der Waals surface area contributed by atoms with Crippen LogP contribution in [-0.4, -0.2) is 37.2 Å². The van der Waals surface area contributed by atoms with Crippen molar-refractivity contribution in [2.24, 2.45) is 0 Å². The predicted molar refractivity (Wildman–Crippen MR) is 288 cm³/mol. The molecule has 0 heterocycles. The monoisotopic (exact) mass is 933 g/mol. The fourth-order valence-electron chi connectivity index (χ4n) is 7.70. The van der Waals surface area contributed by atoms with E-state index in [-0.39, 0.29) is 31.6 Å². The average molecular weight is 933 g/mol. The van der Waals surface area contributed by atoms with Gasteiger partial charge in [0.15, 0.2) is 6.10 Å². The summed E-state index contributed by atoms with van der Waals surface area (Å²) in [6, 6.07) is 0. The van der Waals surface area contributed by atoms with Gasteiger partial charge in [-0.15, -0.1) is 0 Å². The van der Waals surface area contributed by atoms with Crippen LogP contribution in [0.3, 0.4) is 0 Å². The molecule has 0 saturated carbocycles. The van der Waals surface area contributed by atoms with Crippen molar-refractivity contribution in [3.63, 3.8) is 0 Å². The molecular formula is C61H104O6. The first kappa shape index (κ1) is 63.6. The highest BCUT2D eigenvalue weighted by Crippen LogP contribution is 2.15. The second-order valence-corrected chi connectivity index (χ2v) is 18.5. The molecule has 0 aliphatic carbocycles. The average Bonchev–Trinajstić information content (AvgIpc) is 3.33. The van der Waals surface area contributed by atoms with Gasteiger partial charge in [-0.2, -0.15) is 0 Å². The van der Waals surface area contributed by atoms with Gasteiger partial charge in [-0.05, 0) is 83.5 Å². The SMILES string of the molecule is CC/C=C\C/C=C\C/C=C\C/C=C\C/C=C\C/C=C\CCC(=O)OC(COC(=O)CCCCCCC)COC(=O)CCCCCCCCCCCCCCC/C=C\CCCCCCCCCC. The third-order valence-corrected chi connectivity index (χ3v) is 11.9. The van der Waals surface area contributed by atoms with Gasteiger partial charge in [0.05, 0.1) is 0 Å². The third kappa shape index (κ3) is 53.4. The van der Waals surface area contributed by atoms with Crippen LogP contribution in [0, 0.1) is 0 Å². The molecule has 0 radical (unpaired) electrons. The van der Waals surface area contributed by atoms with E-state index in [2.05, 4.69) is 93.7 Å². The van der Waals surface area contributed by atoms with Crippen LogP contribution < -0.4 is 0 Å². The van der Waals surface area contributed by atoms with Crippen molar-refractivity contribution in [2.75, 3.05) is 13.2 Å². The zero-order valence-corrected chi connectivity index (χ0v) is 43.9. The number of hydrogen-bond donors (Lipinski definition) is 0. The number of carbonyl (C=O) groups excluding carboxylic acids is 3. The van der Waals surface area contributed by atoms with Crippen LogP contribution in [0.1, 0.15) is 265 Å². The van der Waals surface area contributed by atoms with Gasteiger partial charge in [0.1, 0.15) is 13.2 Å². The van der Waals surface area contributed by atoms with Crippen LogP contribution in [0.5, 0.6) is 0 Å². The highest BCUT2D eigenvalue weighted by molar-refractivity contribution is 5.71. The lowest BCUT2D eigenvalue weighted by atomic mass is 10.0. The molecule has 1 atom stereocenters. The van der Waals surface area contributed by atoms with Crippen molar-refractivity contribution >= 4 is 17.9 Å². The first-order chi connectivity index (χ1) is 33.0. The number of hydrogen-bond acceptors (Lipinski definition) is 6. The summed E-state index contributed by atoms with van der Waals surface area (Å²) in [5.74, 6) is -1.00. The maximum Gasteiger partial charge on any atom is 0.306 e. The van der Waals surface area contributed by atoms with Gasteiger partial charge in [0, 0.05) is 19.3 Å². The Morgan fingerprint density at radius 2 is 0.612 bits per heavy atom. The van der Waals surface area contributed by atoms with Crippen molar-refractivity contribution in [3.05, 3.63) is 85.1 Å². The van der Waals surface area contributed by atoms with Gasteiger partial charge < -0.3 is 14.2 Å². The Morgan fingerprint density at radius 1 is 0.313 bits per heavy atom. The summed E-state index contributed by atoms with van der Waals surface area (Å²) in [5, 5.41) is 0. The topological polar surface area (TPSA) is 78.9 Å². The third-order valence-electron chi connectivity index (χ3n) is 11.9. The molecule has 0 N–H and O–H groups in total. The first-order valence-corrected chi connectivity index (χ1v) is 28.1. The van der Waals surface area contributed by atoms with Gasteiger partial charge in [-0.25, -0.2) is 0 Å². The molecule has 0 aliphatic heterocycles. The Bertz CT molecular complexity index is 1300. The fourth-order valence-corrected chi connectivity index (χ4v) is 7.70. The second-order valence-electron chi connectivity index (χ2n) is 18.5. The van der Waals surface area contributed by atoms with Crippen molar-refractivity contribution in [1.29, 1.82) is 0 Å². The lowest BCUT2D eigenvalue weighted by Gasteiger charge is -2.18. The second kappa shape index (κ2) is 55.2. The van der Waals surface area contributed by atoms with E-state index in [9.17, 15) is 14.4 Å². The predicted octanol–water partition coefficient (Wildman–Crippen LogP) is 18.8. The molecule has 0 aliphatic rings. The summed E-state index contributed by atoms with van der Waals surface area (Å²) in [7, 11) is 0. The molecule has 0 fully saturated rings. The van der Waals surface area contributed by atoms with E-state index in [1.807, 2.05) is 12.2 Å². The van der Waals surface area contributed by atoms with Crippen LogP contribution >= 0.6 is 0 Å². The Kier molecular flexibility index (Phi) is 52.4. The summed E-state index contributed by atoms with van der Waals surface area (Å²) in [6.07, 6.45) is 72.1. The summed E-state index contributed by atoms with van der Waals surface area (Å²) >= 11 is 0. The summed E-state index contributed by atoms with van der Waals surface area (Å²) in [6.45, 7) is 6.38. The molecule has 0 rings (SSSR count). The molecule has 384 valence electrons. The van der Waals surface area contributed by atoms with Gasteiger partial charge >= 0.3 is 17.9 Å². The minimum Gasteiger partial charge on any atom is -0.462 e. The Hall–Kier alpha value is -3.41. The number of allylic oxidation sites excluding steroid dienone is 14. The van der Waals surface area contributed by atoms with Crippen molar-refractivity contribution in [1.82, 2.24) is 0 Å². The quantitative estimate of drug-likeness (QED) is 0.0262. The van der Waals surface area contributed by atoms with E-state index in [0.717, 1.165) is 89.9 Å². The number of unbranched alkanes of at least 4 members (excludes halogenated alkanes) is 25. The summed E-state index contributed by atoms with van der Waals surface area (Å²) in [4.78, 5) is 37.7. The minimum absolute atomic E-state index is 0.106. The van der Waals surface area contributed by atoms with Gasteiger partial charge in [0.2, 0.25) is 0 Å². The molecule has 6 nitrogen and oxygen atoms in total. The highest BCUT2D eigenvalue weighted by atomic mass is 16.6. The maximum absolute atomic E-state index is 12.7. The summed E-state index contributed by atoms with van der Waals surface area (Å²) in [5.41, 5.74) is 0. The molecule has 6 heteroatoms. The van der Waals surface area contributed by atoms with Crippen molar-refractivity contribution in [3.8, 4) is 0 Å². The normalized spacial score (nSPS) is 12.7. The van der Waals surface area contributed by atoms with Crippen LogP contribution in [0.15, 0.2) is 85.1 Å². The maximum atomic E-state index is 12.7. The molecule has 0 saturated heterocycles. The zero-order valence-electron chi connectivity index (χ0n) is 43.9. The van der Waals surface area contributed by atoms with Crippen LogP contribution in [-0.2, 0) is 28.6 Å².